The molecule has 1 heterocycles. The number of aromatic nitrogens is 1. The molecule has 5 aromatic rings. The Morgan fingerprint density at radius 2 is 1.61 bits per heavy atom. The lowest BCUT2D eigenvalue weighted by atomic mass is 10.1. The molecule has 2 N–H and O–H groups in total. The molecule has 208 valence electrons. The number of aromatic amines is 1. The molecule has 0 saturated heterocycles. The summed E-state index contributed by atoms with van der Waals surface area (Å²) in [6.45, 7) is 0.873. The quantitative estimate of drug-likeness (QED) is 0.208. The molecule has 0 fully saturated rings. The third kappa shape index (κ3) is 6.25. The molecule has 5 rings (SSSR count). The molecule has 0 bridgehead atoms. The van der Waals surface area contributed by atoms with Crippen molar-refractivity contribution in [3.8, 4) is 22.8 Å². The number of carbonyl (C=O) groups excluding carboxylic acids is 1. The SMILES string of the molecule is COc1ccc(N(C)CCCc2ccc(NC(=O)c3cccc4c(=O)cc(-c5ccccc5)[nH]c34)cc2)cc1OC. The summed E-state index contributed by atoms with van der Waals surface area (Å²) in [6.07, 6.45) is 1.86. The molecule has 7 heteroatoms. The number of benzene rings is 4. The Balaban J connectivity index is 1.23. The van der Waals surface area contributed by atoms with Gasteiger partial charge in [-0.25, -0.2) is 0 Å². The van der Waals surface area contributed by atoms with E-state index in [0.29, 0.717) is 39.3 Å². The van der Waals surface area contributed by atoms with E-state index in [-0.39, 0.29) is 11.3 Å². The van der Waals surface area contributed by atoms with Crippen LogP contribution >= 0.6 is 0 Å². The number of H-pyrrole nitrogens is 1. The van der Waals surface area contributed by atoms with Crippen LogP contribution in [0.4, 0.5) is 11.4 Å². The Hall–Kier alpha value is -5.04. The summed E-state index contributed by atoms with van der Waals surface area (Å²) in [5.74, 6) is 1.14. The first-order chi connectivity index (χ1) is 20.0. The highest BCUT2D eigenvalue weighted by Gasteiger charge is 2.14. The highest BCUT2D eigenvalue weighted by molar-refractivity contribution is 6.12. The fourth-order valence-corrected chi connectivity index (χ4v) is 4.90. The van der Waals surface area contributed by atoms with E-state index < -0.39 is 0 Å². The summed E-state index contributed by atoms with van der Waals surface area (Å²) in [5.41, 5.74) is 5.30. The molecule has 0 saturated carbocycles. The molecule has 41 heavy (non-hydrogen) atoms. The van der Waals surface area contributed by atoms with Gasteiger partial charge in [-0.15, -0.1) is 0 Å². The number of amides is 1. The summed E-state index contributed by atoms with van der Waals surface area (Å²) in [5, 5.41) is 3.46. The van der Waals surface area contributed by atoms with Crippen molar-refractivity contribution in [1.82, 2.24) is 4.98 Å². The van der Waals surface area contributed by atoms with Crippen LogP contribution in [-0.2, 0) is 6.42 Å². The number of pyridine rings is 1. The number of hydrogen-bond acceptors (Lipinski definition) is 5. The molecule has 0 spiro atoms. The lowest BCUT2D eigenvalue weighted by Crippen LogP contribution is -2.19. The first-order valence-electron chi connectivity index (χ1n) is 13.5. The standard InChI is InChI=1S/C34H33N3O4/c1-37(26-18-19-31(40-2)32(21-26)41-3)20-8-9-23-14-16-25(17-15-23)35-34(39)28-13-7-12-27-30(38)22-29(36-33(27)28)24-10-5-4-6-11-24/h4-7,10-19,21-22H,8-9,20H2,1-3H3,(H,35,39)(H,36,38). The van der Waals surface area contributed by atoms with Gasteiger partial charge in [0.05, 0.1) is 25.3 Å². The molecule has 1 aromatic heterocycles. The lowest BCUT2D eigenvalue weighted by molar-refractivity contribution is 0.102. The van der Waals surface area contributed by atoms with Crippen molar-refractivity contribution in [2.24, 2.45) is 0 Å². The van der Waals surface area contributed by atoms with E-state index in [4.69, 9.17) is 9.47 Å². The van der Waals surface area contributed by atoms with Crippen LogP contribution in [0.15, 0.2) is 102 Å². The summed E-state index contributed by atoms with van der Waals surface area (Å²) >= 11 is 0. The van der Waals surface area contributed by atoms with Gasteiger partial charge in [0.1, 0.15) is 0 Å². The Morgan fingerprint density at radius 1 is 0.854 bits per heavy atom. The molecular weight excluding hydrogens is 514 g/mol. The van der Waals surface area contributed by atoms with Crippen molar-refractivity contribution in [2.45, 2.75) is 12.8 Å². The summed E-state index contributed by atoms with van der Waals surface area (Å²) in [6, 6.07) is 30.2. The molecular formula is C34H33N3O4. The Labute approximate surface area is 239 Å². The number of fused-ring (bicyclic) bond motifs is 1. The molecule has 4 aromatic carbocycles. The maximum Gasteiger partial charge on any atom is 0.257 e. The number of nitrogens with one attached hydrogen (secondary N) is 2. The molecule has 7 nitrogen and oxygen atoms in total. The van der Waals surface area contributed by atoms with Gasteiger partial charge in [0.25, 0.3) is 5.91 Å². The summed E-state index contributed by atoms with van der Waals surface area (Å²) in [7, 11) is 5.33. The predicted molar refractivity (Wildman–Crippen MR) is 166 cm³/mol. The highest BCUT2D eigenvalue weighted by Crippen LogP contribution is 2.31. The van der Waals surface area contributed by atoms with E-state index in [0.717, 1.165) is 30.6 Å². The third-order valence-electron chi connectivity index (χ3n) is 7.17. The number of methoxy groups -OCH3 is 2. The van der Waals surface area contributed by atoms with Gasteiger partial charge >= 0.3 is 0 Å². The van der Waals surface area contributed by atoms with E-state index in [1.807, 2.05) is 72.8 Å². The topological polar surface area (TPSA) is 83.7 Å². The Kier molecular flexibility index (Phi) is 8.34. The van der Waals surface area contributed by atoms with Crippen LogP contribution in [-0.4, -0.2) is 38.7 Å². The van der Waals surface area contributed by atoms with Crippen LogP contribution in [0.25, 0.3) is 22.2 Å². The van der Waals surface area contributed by atoms with E-state index >= 15 is 0 Å². The zero-order valence-corrected chi connectivity index (χ0v) is 23.4. The molecule has 0 unspecified atom stereocenters. The molecule has 0 aliphatic heterocycles. The van der Waals surface area contributed by atoms with Crippen molar-refractivity contribution in [1.29, 1.82) is 0 Å². The number of rotatable bonds is 10. The fraction of sp³-hybridized carbons (Fsp3) is 0.176. The van der Waals surface area contributed by atoms with Crippen LogP contribution in [0, 0.1) is 0 Å². The molecule has 1 amide bonds. The van der Waals surface area contributed by atoms with Gasteiger partial charge in [0.2, 0.25) is 0 Å². The minimum atomic E-state index is -0.277. The van der Waals surface area contributed by atoms with Crippen molar-refractivity contribution in [3.05, 3.63) is 118 Å². The molecule has 0 aliphatic carbocycles. The van der Waals surface area contributed by atoms with Gasteiger partial charge < -0.3 is 24.7 Å². The smallest absolute Gasteiger partial charge is 0.257 e. The second-order valence-corrected chi connectivity index (χ2v) is 9.86. The maximum atomic E-state index is 13.3. The van der Waals surface area contributed by atoms with Gasteiger partial charge in [0, 0.05) is 48.2 Å². The maximum absolute atomic E-state index is 13.3. The minimum Gasteiger partial charge on any atom is -0.493 e. The van der Waals surface area contributed by atoms with Crippen molar-refractivity contribution in [3.63, 3.8) is 0 Å². The Morgan fingerprint density at radius 3 is 2.34 bits per heavy atom. The highest BCUT2D eigenvalue weighted by atomic mass is 16.5. The van der Waals surface area contributed by atoms with Crippen molar-refractivity contribution >= 4 is 28.2 Å². The third-order valence-corrected chi connectivity index (χ3v) is 7.17. The summed E-state index contributed by atoms with van der Waals surface area (Å²) < 4.78 is 10.8. The monoisotopic (exact) mass is 547 g/mol. The van der Waals surface area contributed by atoms with Gasteiger partial charge in [0.15, 0.2) is 16.9 Å². The van der Waals surface area contributed by atoms with E-state index in [2.05, 4.69) is 22.2 Å². The van der Waals surface area contributed by atoms with Crippen molar-refractivity contribution in [2.75, 3.05) is 38.0 Å². The molecule has 0 radical (unpaired) electrons. The van der Waals surface area contributed by atoms with Gasteiger partial charge in [-0.1, -0.05) is 48.5 Å². The second kappa shape index (κ2) is 12.4. The first-order valence-corrected chi connectivity index (χ1v) is 13.5. The van der Waals surface area contributed by atoms with Gasteiger partial charge in [-0.2, -0.15) is 0 Å². The van der Waals surface area contributed by atoms with E-state index in [1.54, 1.807) is 38.5 Å². The number of para-hydroxylation sites is 1. The minimum absolute atomic E-state index is 0.131. The number of nitrogens with zero attached hydrogens (tertiary/aromatic N) is 1. The first kappa shape index (κ1) is 27.5. The predicted octanol–water partition coefficient (Wildman–Crippen LogP) is 6.53. The largest absolute Gasteiger partial charge is 0.493 e. The number of carbonyl (C=O) groups is 1. The average molecular weight is 548 g/mol. The van der Waals surface area contributed by atoms with Crippen LogP contribution in [0.5, 0.6) is 11.5 Å². The van der Waals surface area contributed by atoms with E-state index in [9.17, 15) is 9.59 Å². The van der Waals surface area contributed by atoms with Crippen LogP contribution in [0.3, 0.4) is 0 Å². The number of hydrogen-bond donors (Lipinski definition) is 2. The number of aryl methyl sites for hydroxylation is 1. The zero-order chi connectivity index (χ0) is 28.8. The van der Waals surface area contributed by atoms with Crippen LogP contribution in [0.2, 0.25) is 0 Å². The normalized spacial score (nSPS) is 10.8. The second-order valence-electron chi connectivity index (χ2n) is 9.86. The fourth-order valence-electron chi connectivity index (χ4n) is 4.90. The van der Waals surface area contributed by atoms with Crippen LogP contribution in [0.1, 0.15) is 22.3 Å². The molecule has 0 atom stereocenters. The van der Waals surface area contributed by atoms with Gasteiger partial charge in [-0.3, -0.25) is 9.59 Å². The number of anilines is 2. The molecule has 0 aliphatic rings. The van der Waals surface area contributed by atoms with Crippen LogP contribution < -0.4 is 25.1 Å². The van der Waals surface area contributed by atoms with Crippen molar-refractivity contribution < 1.29 is 14.3 Å². The summed E-state index contributed by atoms with van der Waals surface area (Å²) in [4.78, 5) is 31.6. The Bertz CT molecular complexity index is 1710. The lowest BCUT2D eigenvalue weighted by Gasteiger charge is -2.20. The van der Waals surface area contributed by atoms with Gasteiger partial charge in [-0.05, 0) is 60.4 Å². The zero-order valence-electron chi connectivity index (χ0n) is 23.4. The average Bonchev–Trinajstić information content (AvgIpc) is 3.01. The van der Waals surface area contributed by atoms with E-state index in [1.165, 1.54) is 5.56 Å². The number of ether oxygens (including phenoxy) is 2.